The summed E-state index contributed by atoms with van der Waals surface area (Å²) in [5.41, 5.74) is 2.12. The van der Waals surface area contributed by atoms with E-state index in [2.05, 4.69) is 30.5 Å². The Morgan fingerprint density at radius 2 is 1.70 bits per heavy atom. The summed E-state index contributed by atoms with van der Waals surface area (Å²) in [5, 5.41) is 0. The molecule has 1 heterocycles. The Bertz CT molecular complexity index is 845. The van der Waals surface area contributed by atoms with E-state index in [1.807, 2.05) is 12.1 Å². The van der Waals surface area contributed by atoms with Crippen LogP contribution in [-0.4, -0.2) is 13.4 Å². The minimum absolute atomic E-state index is 0.0295. The first kappa shape index (κ1) is 17.4. The van der Waals surface area contributed by atoms with Gasteiger partial charge in [0.05, 0.1) is 4.90 Å². The molecule has 1 aromatic carbocycles. The predicted molar refractivity (Wildman–Crippen MR) is 91.0 cm³/mol. The van der Waals surface area contributed by atoms with Crippen LogP contribution in [0, 0.1) is 6.92 Å². The molecular formula is C17H22N2O3S. The largest absolute Gasteiger partial charge is 0.326 e. The molecule has 0 aliphatic heterocycles. The van der Waals surface area contributed by atoms with E-state index in [1.54, 1.807) is 25.1 Å². The first-order valence-electron chi connectivity index (χ1n) is 7.38. The van der Waals surface area contributed by atoms with Crippen molar-refractivity contribution in [3.05, 3.63) is 63.6 Å². The van der Waals surface area contributed by atoms with Crippen molar-refractivity contribution < 1.29 is 8.42 Å². The van der Waals surface area contributed by atoms with E-state index >= 15 is 0 Å². The molecule has 0 radical (unpaired) electrons. The molecule has 0 amide bonds. The quantitative estimate of drug-likeness (QED) is 0.901. The Hall–Kier alpha value is -1.92. The molecule has 2 N–H and O–H groups in total. The molecule has 124 valence electrons. The number of aromatic amines is 1. The summed E-state index contributed by atoms with van der Waals surface area (Å²) < 4.78 is 27.2. The number of pyridine rings is 1. The Labute approximate surface area is 136 Å². The summed E-state index contributed by atoms with van der Waals surface area (Å²) in [6.07, 6.45) is 0. The Balaban J connectivity index is 2.17. The zero-order valence-electron chi connectivity index (χ0n) is 13.8. The number of nitrogens with one attached hydrogen (secondary N) is 2. The lowest BCUT2D eigenvalue weighted by Crippen LogP contribution is -2.24. The van der Waals surface area contributed by atoms with Gasteiger partial charge in [0.25, 0.3) is 0 Å². The molecule has 0 aliphatic carbocycles. The molecule has 1 aromatic heterocycles. The van der Waals surface area contributed by atoms with Gasteiger partial charge in [0.1, 0.15) is 0 Å². The van der Waals surface area contributed by atoms with Crippen LogP contribution >= 0.6 is 0 Å². The van der Waals surface area contributed by atoms with Gasteiger partial charge in [-0.05, 0) is 41.7 Å². The molecule has 0 saturated carbocycles. The predicted octanol–water partition coefficient (Wildman–Crippen LogP) is 2.46. The molecule has 6 heteroatoms. The van der Waals surface area contributed by atoms with Crippen molar-refractivity contribution in [2.24, 2.45) is 0 Å². The van der Waals surface area contributed by atoms with Gasteiger partial charge in [0.2, 0.25) is 15.6 Å². The maximum atomic E-state index is 12.3. The lowest BCUT2D eigenvalue weighted by Gasteiger charge is -2.19. The summed E-state index contributed by atoms with van der Waals surface area (Å²) in [5.74, 6) is 0. The van der Waals surface area contributed by atoms with E-state index in [1.165, 1.54) is 6.07 Å². The van der Waals surface area contributed by atoms with E-state index in [4.69, 9.17) is 0 Å². The van der Waals surface area contributed by atoms with Crippen LogP contribution < -0.4 is 10.3 Å². The molecule has 0 saturated heterocycles. The fourth-order valence-corrected chi connectivity index (χ4v) is 3.27. The van der Waals surface area contributed by atoms with Crippen LogP contribution in [0.4, 0.5) is 0 Å². The Kier molecular flexibility index (Phi) is 4.77. The van der Waals surface area contributed by atoms with Crippen molar-refractivity contribution in [2.45, 2.75) is 44.6 Å². The third-order valence-electron chi connectivity index (χ3n) is 3.54. The van der Waals surface area contributed by atoms with Crippen molar-refractivity contribution in [3.8, 4) is 0 Å². The molecule has 23 heavy (non-hydrogen) atoms. The number of benzene rings is 1. The van der Waals surface area contributed by atoms with Crippen LogP contribution in [0.1, 0.15) is 37.6 Å². The highest BCUT2D eigenvalue weighted by Gasteiger charge is 2.17. The number of hydrogen-bond acceptors (Lipinski definition) is 3. The molecule has 0 aliphatic rings. The number of aryl methyl sites for hydroxylation is 1. The fraction of sp³-hybridized carbons (Fsp3) is 0.353. The first-order valence-corrected chi connectivity index (χ1v) is 8.86. The van der Waals surface area contributed by atoms with Gasteiger partial charge in [-0.2, -0.15) is 0 Å². The van der Waals surface area contributed by atoms with Crippen molar-refractivity contribution in [2.75, 3.05) is 0 Å². The Morgan fingerprint density at radius 3 is 2.22 bits per heavy atom. The maximum absolute atomic E-state index is 12.3. The second kappa shape index (κ2) is 6.29. The molecule has 0 unspecified atom stereocenters. The number of H-pyrrole nitrogens is 1. The normalized spacial score (nSPS) is 12.3. The number of sulfonamides is 1. The van der Waals surface area contributed by atoms with Crippen molar-refractivity contribution in [3.63, 3.8) is 0 Å². The number of hydrogen-bond donors (Lipinski definition) is 2. The first-order chi connectivity index (χ1) is 10.6. The van der Waals surface area contributed by atoms with Crippen LogP contribution in [-0.2, 0) is 22.0 Å². The summed E-state index contributed by atoms with van der Waals surface area (Å²) in [6, 6.07) is 9.99. The summed E-state index contributed by atoms with van der Waals surface area (Å²) in [4.78, 5) is 14.2. The minimum Gasteiger partial charge on any atom is -0.326 e. The second-order valence-electron chi connectivity index (χ2n) is 6.63. The number of aromatic nitrogens is 1. The summed E-state index contributed by atoms with van der Waals surface area (Å²) in [7, 11) is -3.61. The van der Waals surface area contributed by atoms with Gasteiger partial charge in [0, 0.05) is 18.3 Å². The van der Waals surface area contributed by atoms with Crippen molar-refractivity contribution >= 4 is 10.0 Å². The highest BCUT2D eigenvalue weighted by atomic mass is 32.2. The van der Waals surface area contributed by atoms with Gasteiger partial charge in [-0.3, -0.25) is 4.79 Å². The zero-order chi connectivity index (χ0) is 17.3. The molecular weight excluding hydrogens is 312 g/mol. The van der Waals surface area contributed by atoms with Crippen LogP contribution in [0.15, 0.2) is 46.1 Å². The van der Waals surface area contributed by atoms with Gasteiger partial charge >= 0.3 is 0 Å². The minimum atomic E-state index is -3.61. The molecule has 2 aromatic rings. The maximum Gasteiger partial charge on any atom is 0.248 e. The lowest BCUT2D eigenvalue weighted by atomic mass is 9.87. The number of rotatable bonds is 4. The van der Waals surface area contributed by atoms with Crippen LogP contribution in [0.2, 0.25) is 0 Å². The molecule has 0 atom stereocenters. The average Bonchev–Trinajstić information content (AvgIpc) is 2.43. The topological polar surface area (TPSA) is 79.0 Å². The van der Waals surface area contributed by atoms with E-state index in [-0.39, 0.29) is 22.4 Å². The van der Waals surface area contributed by atoms with E-state index in [0.717, 1.165) is 5.56 Å². The monoisotopic (exact) mass is 334 g/mol. The van der Waals surface area contributed by atoms with E-state index < -0.39 is 10.0 Å². The molecule has 2 rings (SSSR count). The van der Waals surface area contributed by atoms with E-state index in [9.17, 15) is 13.2 Å². The van der Waals surface area contributed by atoms with Crippen molar-refractivity contribution in [1.82, 2.24) is 9.71 Å². The average molecular weight is 334 g/mol. The van der Waals surface area contributed by atoms with Gasteiger partial charge in [-0.25, -0.2) is 13.1 Å². The second-order valence-corrected chi connectivity index (χ2v) is 8.40. The molecule has 0 spiro atoms. The summed E-state index contributed by atoms with van der Waals surface area (Å²) in [6.45, 7) is 8.05. The third-order valence-corrected chi connectivity index (χ3v) is 4.95. The Morgan fingerprint density at radius 1 is 1.09 bits per heavy atom. The van der Waals surface area contributed by atoms with Gasteiger partial charge < -0.3 is 4.98 Å². The molecule has 0 fully saturated rings. The smallest absolute Gasteiger partial charge is 0.248 e. The standard InChI is InChI=1S/C17H22N2O3S/c1-12-9-13(10-16(20)19-12)11-18-23(21,22)15-7-5-14(6-8-15)17(2,3)4/h5-10,18H,11H2,1-4H3,(H,19,20). The molecule has 5 nitrogen and oxygen atoms in total. The van der Waals surface area contributed by atoms with Crippen molar-refractivity contribution in [1.29, 1.82) is 0 Å². The summed E-state index contributed by atoms with van der Waals surface area (Å²) >= 11 is 0. The van der Waals surface area contributed by atoms with Crippen LogP contribution in [0.5, 0.6) is 0 Å². The van der Waals surface area contributed by atoms with Crippen LogP contribution in [0.3, 0.4) is 0 Å². The SMILES string of the molecule is Cc1cc(CNS(=O)(=O)c2ccc(C(C)(C)C)cc2)cc(=O)[nH]1. The van der Waals surface area contributed by atoms with Crippen LogP contribution in [0.25, 0.3) is 0 Å². The lowest BCUT2D eigenvalue weighted by molar-refractivity contribution is 0.578. The zero-order valence-corrected chi connectivity index (χ0v) is 14.6. The van der Waals surface area contributed by atoms with E-state index in [0.29, 0.717) is 11.3 Å². The van der Waals surface area contributed by atoms with Gasteiger partial charge in [-0.1, -0.05) is 32.9 Å². The van der Waals surface area contributed by atoms with Gasteiger partial charge in [0.15, 0.2) is 0 Å². The third kappa shape index (κ3) is 4.53. The fourth-order valence-electron chi connectivity index (χ4n) is 2.25. The highest BCUT2D eigenvalue weighted by molar-refractivity contribution is 7.89. The van der Waals surface area contributed by atoms with Gasteiger partial charge in [-0.15, -0.1) is 0 Å². The molecule has 0 bridgehead atoms. The highest BCUT2D eigenvalue weighted by Crippen LogP contribution is 2.23.